The quantitative estimate of drug-likeness (QED) is 0.588. The van der Waals surface area contributed by atoms with Gasteiger partial charge in [-0.25, -0.2) is 4.98 Å². The highest BCUT2D eigenvalue weighted by atomic mass is 32.2. The molecule has 0 N–H and O–H groups in total. The van der Waals surface area contributed by atoms with E-state index in [4.69, 9.17) is 0 Å². The van der Waals surface area contributed by atoms with Crippen molar-refractivity contribution in [1.82, 2.24) is 4.98 Å². The second-order valence-corrected chi connectivity index (χ2v) is 6.98. The minimum absolute atomic E-state index is 0.653. The van der Waals surface area contributed by atoms with E-state index in [0.29, 0.717) is 11.1 Å². The predicted octanol–water partition coefficient (Wildman–Crippen LogP) is 5.40. The molecule has 26 heavy (non-hydrogen) atoms. The van der Waals surface area contributed by atoms with Crippen molar-refractivity contribution < 1.29 is 0 Å². The largest absolute Gasteiger partial charge is 0.245 e. The van der Waals surface area contributed by atoms with Crippen LogP contribution in [0.25, 0.3) is 11.1 Å². The van der Waals surface area contributed by atoms with Gasteiger partial charge in [0.05, 0.1) is 17.2 Å². The summed E-state index contributed by atoms with van der Waals surface area (Å²) in [6.07, 6.45) is 0. The molecular formula is C22H17N3S. The number of benzene rings is 2. The van der Waals surface area contributed by atoms with Crippen molar-refractivity contribution in [3.05, 3.63) is 82.5 Å². The number of thioether (sulfide) groups is 1. The zero-order valence-electron chi connectivity index (χ0n) is 14.7. The van der Waals surface area contributed by atoms with Gasteiger partial charge < -0.3 is 0 Å². The van der Waals surface area contributed by atoms with Crippen molar-refractivity contribution in [2.75, 3.05) is 0 Å². The van der Waals surface area contributed by atoms with Gasteiger partial charge in [-0.1, -0.05) is 42.5 Å². The number of aromatic nitrogens is 1. The van der Waals surface area contributed by atoms with Crippen molar-refractivity contribution in [2.45, 2.75) is 24.6 Å². The molecule has 0 saturated heterocycles. The number of hydrogen-bond donors (Lipinski definition) is 0. The van der Waals surface area contributed by atoms with E-state index in [9.17, 15) is 10.5 Å². The molecule has 2 aromatic carbocycles. The van der Waals surface area contributed by atoms with Gasteiger partial charge in [0, 0.05) is 11.4 Å². The molecule has 0 aliphatic heterocycles. The van der Waals surface area contributed by atoms with E-state index in [1.54, 1.807) is 11.8 Å². The minimum atomic E-state index is 0.653. The lowest BCUT2D eigenvalue weighted by Crippen LogP contribution is -1.94. The Hall–Kier alpha value is -3.08. The van der Waals surface area contributed by atoms with E-state index in [1.165, 1.54) is 0 Å². The second kappa shape index (κ2) is 7.87. The topological polar surface area (TPSA) is 60.5 Å². The average molecular weight is 355 g/mol. The van der Waals surface area contributed by atoms with Crippen LogP contribution in [0.5, 0.6) is 0 Å². The monoisotopic (exact) mass is 355 g/mol. The maximum Gasteiger partial charge on any atom is 0.115 e. The van der Waals surface area contributed by atoms with Gasteiger partial charge in [0.25, 0.3) is 0 Å². The van der Waals surface area contributed by atoms with Crippen LogP contribution in [0.1, 0.15) is 27.9 Å². The molecule has 0 spiro atoms. The maximum atomic E-state index is 9.37. The highest BCUT2D eigenvalue weighted by molar-refractivity contribution is 7.98. The third kappa shape index (κ3) is 3.77. The van der Waals surface area contributed by atoms with Gasteiger partial charge in [-0.05, 0) is 48.2 Å². The van der Waals surface area contributed by atoms with Crippen LogP contribution in [-0.2, 0) is 5.75 Å². The number of rotatable bonds is 4. The fraction of sp³-hybridized carbons (Fsp3) is 0.136. The second-order valence-electron chi connectivity index (χ2n) is 6.02. The molecule has 0 atom stereocenters. The Labute approximate surface area is 157 Å². The number of pyridine rings is 1. The Kier molecular flexibility index (Phi) is 5.37. The molecule has 3 nitrogen and oxygen atoms in total. The first-order valence-corrected chi connectivity index (χ1v) is 9.20. The summed E-state index contributed by atoms with van der Waals surface area (Å²) >= 11 is 1.58. The molecule has 0 aliphatic rings. The minimum Gasteiger partial charge on any atom is -0.245 e. The summed E-state index contributed by atoms with van der Waals surface area (Å²) in [6, 6.07) is 22.2. The molecule has 4 heteroatoms. The van der Waals surface area contributed by atoms with Crippen molar-refractivity contribution in [3.63, 3.8) is 0 Å². The van der Waals surface area contributed by atoms with Crippen molar-refractivity contribution in [1.29, 1.82) is 10.5 Å². The summed E-state index contributed by atoms with van der Waals surface area (Å²) in [4.78, 5) is 4.51. The summed E-state index contributed by atoms with van der Waals surface area (Å²) in [5.41, 5.74) is 6.33. The van der Waals surface area contributed by atoms with Crippen molar-refractivity contribution >= 4 is 11.8 Å². The van der Waals surface area contributed by atoms with Crippen LogP contribution in [0.2, 0.25) is 0 Å². The van der Waals surface area contributed by atoms with E-state index in [2.05, 4.69) is 29.3 Å². The van der Waals surface area contributed by atoms with Crippen LogP contribution in [0, 0.1) is 36.5 Å². The van der Waals surface area contributed by atoms with Crippen LogP contribution in [-0.4, -0.2) is 4.98 Å². The summed E-state index contributed by atoms with van der Waals surface area (Å²) in [6.45, 7) is 3.89. The molecule has 0 saturated carbocycles. The first-order chi connectivity index (χ1) is 12.6. The first kappa shape index (κ1) is 17.7. The number of aryl methyl sites for hydroxylation is 2. The molecule has 126 valence electrons. The molecule has 0 amide bonds. The van der Waals surface area contributed by atoms with Crippen LogP contribution in [0.4, 0.5) is 0 Å². The molecular weight excluding hydrogens is 338 g/mol. The lowest BCUT2D eigenvalue weighted by Gasteiger charge is -2.08. The van der Waals surface area contributed by atoms with Gasteiger partial charge in [-0.2, -0.15) is 10.5 Å². The van der Waals surface area contributed by atoms with E-state index in [0.717, 1.165) is 38.7 Å². The summed E-state index contributed by atoms with van der Waals surface area (Å²) in [5.74, 6) is 0.741. The van der Waals surface area contributed by atoms with Gasteiger partial charge in [0.2, 0.25) is 0 Å². The standard InChI is InChI=1S/C22H17N3S/c1-15-11-16(2)25-22(21(15)13-24)26-14-17-7-9-18(10-8-17)20-6-4-3-5-19(20)12-23/h3-11H,14H2,1-2H3. The third-order valence-corrected chi connectivity index (χ3v) is 5.16. The Bertz CT molecular complexity index is 1020. The van der Waals surface area contributed by atoms with Crippen molar-refractivity contribution in [2.24, 2.45) is 0 Å². The molecule has 0 unspecified atom stereocenters. The lowest BCUT2D eigenvalue weighted by molar-refractivity contribution is 1.03. The molecule has 0 aliphatic carbocycles. The highest BCUT2D eigenvalue weighted by Gasteiger charge is 2.10. The Balaban J connectivity index is 1.79. The van der Waals surface area contributed by atoms with Crippen LogP contribution >= 0.6 is 11.8 Å². The molecule has 0 radical (unpaired) electrons. The van der Waals surface area contributed by atoms with Gasteiger partial charge >= 0.3 is 0 Å². The zero-order valence-corrected chi connectivity index (χ0v) is 15.5. The molecule has 0 fully saturated rings. The maximum absolute atomic E-state index is 9.37. The summed E-state index contributed by atoms with van der Waals surface area (Å²) in [7, 11) is 0. The average Bonchev–Trinajstić information content (AvgIpc) is 2.66. The van der Waals surface area contributed by atoms with Crippen molar-refractivity contribution in [3.8, 4) is 23.3 Å². The molecule has 3 aromatic rings. The Morgan fingerprint density at radius 1 is 0.962 bits per heavy atom. The number of hydrogen-bond acceptors (Lipinski definition) is 4. The highest BCUT2D eigenvalue weighted by Crippen LogP contribution is 2.28. The van der Waals surface area contributed by atoms with E-state index >= 15 is 0 Å². The Morgan fingerprint density at radius 3 is 2.38 bits per heavy atom. The molecule has 3 rings (SSSR count). The van der Waals surface area contributed by atoms with Crippen LogP contribution < -0.4 is 0 Å². The molecule has 1 aromatic heterocycles. The lowest BCUT2D eigenvalue weighted by atomic mass is 10.00. The van der Waals surface area contributed by atoms with Gasteiger partial charge in [-0.3, -0.25) is 0 Å². The fourth-order valence-electron chi connectivity index (χ4n) is 2.81. The van der Waals surface area contributed by atoms with Crippen LogP contribution in [0.3, 0.4) is 0 Å². The summed E-state index contributed by atoms with van der Waals surface area (Å²) < 4.78 is 0. The third-order valence-electron chi connectivity index (χ3n) is 4.11. The zero-order chi connectivity index (χ0) is 18.5. The smallest absolute Gasteiger partial charge is 0.115 e. The van der Waals surface area contributed by atoms with Gasteiger partial charge in [0.1, 0.15) is 11.1 Å². The van der Waals surface area contributed by atoms with Crippen LogP contribution in [0.15, 0.2) is 59.6 Å². The normalized spacial score (nSPS) is 10.2. The predicted molar refractivity (Wildman–Crippen MR) is 105 cm³/mol. The van der Waals surface area contributed by atoms with E-state index in [-0.39, 0.29) is 0 Å². The van der Waals surface area contributed by atoms with Gasteiger partial charge in [-0.15, -0.1) is 11.8 Å². The molecule has 0 bridgehead atoms. The number of nitriles is 2. The SMILES string of the molecule is Cc1cc(C)c(C#N)c(SCc2ccc(-c3ccccc3C#N)cc2)n1. The molecule has 1 heterocycles. The summed E-state index contributed by atoms with van der Waals surface area (Å²) in [5, 5.41) is 19.4. The first-order valence-electron chi connectivity index (χ1n) is 8.22. The Morgan fingerprint density at radius 2 is 1.69 bits per heavy atom. The van der Waals surface area contributed by atoms with E-state index in [1.807, 2.05) is 56.3 Å². The van der Waals surface area contributed by atoms with Gasteiger partial charge in [0.15, 0.2) is 0 Å². The number of nitrogens with zero attached hydrogens (tertiary/aromatic N) is 3. The fourth-order valence-corrected chi connectivity index (χ4v) is 3.86. The van der Waals surface area contributed by atoms with E-state index < -0.39 is 0 Å².